The second-order valence-electron chi connectivity index (χ2n) is 4.35. The van der Waals surface area contributed by atoms with E-state index in [9.17, 15) is 4.79 Å². The van der Waals surface area contributed by atoms with E-state index in [4.69, 9.17) is 0 Å². The summed E-state index contributed by atoms with van der Waals surface area (Å²) in [6.45, 7) is 2.21. The van der Waals surface area contributed by atoms with Crippen molar-refractivity contribution in [1.29, 1.82) is 0 Å². The molecule has 0 heterocycles. The Balaban J connectivity index is 1.98. The second kappa shape index (κ2) is 4.47. The molecule has 15 heavy (non-hydrogen) atoms. The molecular formula is C13H17NO. The van der Waals surface area contributed by atoms with E-state index in [2.05, 4.69) is 12.2 Å². The summed E-state index contributed by atoms with van der Waals surface area (Å²) in [4.78, 5) is 11.8. The number of rotatable bonds is 2. The lowest BCUT2D eigenvalue weighted by atomic mass is 10.1. The number of nitrogens with one attached hydrogen (secondary N) is 1. The third-order valence-corrected chi connectivity index (χ3v) is 3.21. The molecule has 1 aromatic rings. The minimum Gasteiger partial charge on any atom is -0.349 e. The summed E-state index contributed by atoms with van der Waals surface area (Å²) < 4.78 is 0. The highest BCUT2D eigenvalue weighted by atomic mass is 16.1. The molecule has 1 aliphatic carbocycles. The van der Waals surface area contributed by atoms with Crippen molar-refractivity contribution in [3.8, 4) is 0 Å². The van der Waals surface area contributed by atoms with Crippen molar-refractivity contribution in [1.82, 2.24) is 5.32 Å². The molecule has 1 fully saturated rings. The van der Waals surface area contributed by atoms with E-state index in [1.54, 1.807) is 0 Å². The van der Waals surface area contributed by atoms with Gasteiger partial charge in [-0.25, -0.2) is 0 Å². The predicted octanol–water partition coefficient (Wildman–Crippen LogP) is 2.61. The smallest absolute Gasteiger partial charge is 0.251 e. The summed E-state index contributed by atoms with van der Waals surface area (Å²) in [7, 11) is 0. The summed E-state index contributed by atoms with van der Waals surface area (Å²) in [5.41, 5.74) is 0.761. The highest BCUT2D eigenvalue weighted by Gasteiger charge is 2.24. The van der Waals surface area contributed by atoms with E-state index in [0.29, 0.717) is 12.0 Å². The van der Waals surface area contributed by atoms with Crippen molar-refractivity contribution in [2.75, 3.05) is 0 Å². The van der Waals surface area contributed by atoms with Crippen LogP contribution in [0.2, 0.25) is 0 Å². The zero-order chi connectivity index (χ0) is 10.7. The standard InChI is InChI=1S/C13H17NO/c1-10-6-5-9-12(10)14-13(15)11-7-3-2-4-8-11/h2-4,7-8,10,12H,5-6,9H2,1H3,(H,14,15). The van der Waals surface area contributed by atoms with E-state index >= 15 is 0 Å². The molecule has 2 nitrogen and oxygen atoms in total. The van der Waals surface area contributed by atoms with Gasteiger partial charge in [-0.15, -0.1) is 0 Å². The number of amides is 1. The molecule has 1 amide bonds. The van der Waals surface area contributed by atoms with Crippen LogP contribution in [0.3, 0.4) is 0 Å². The monoisotopic (exact) mass is 203 g/mol. The molecule has 0 aromatic heterocycles. The fourth-order valence-electron chi connectivity index (χ4n) is 2.20. The normalized spacial score (nSPS) is 25.1. The van der Waals surface area contributed by atoms with Gasteiger partial charge in [0, 0.05) is 11.6 Å². The van der Waals surface area contributed by atoms with Crippen molar-refractivity contribution < 1.29 is 4.79 Å². The number of benzene rings is 1. The number of carbonyl (C=O) groups is 1. The van der Waals surface area contributed by atoms with Crippen molar-refractivity contribution in [2.45, 2.75) is 32.2 Å². The summed E-state index contributed by atoms with van der Waals surface area (Å²) in [5, 5.41) is 3.11. The molecule has 1 aliphatic rings. The van der Waals surface area contributed by atoms with Gasteiger partial charge in [0.05, 0.1) is 0 Å². The van der Waals surface area contributed by atoms with Gasteiger partial charge in [-0.2, -0.15) is 0 Å². The zero-order valence-electron chi connectivity index (χ0n) is 9.07. The molecule has 0 spiro atoms. The van der Waals surface area contributed by atoms with Gasteiger partial charge in [-0.1, -0.05) is 31.5 Å². The Morgan fingerprint density at radius 1 is 1.27 bits per heavy atom. The topological polar surface area (TPSA) is 29.1 Å². The second-order valence-corrected chi connectivity index (χ2v) is 4.35. The van der Waals surface area contributed by atoms with Crippen molar-refractivity contribution in [3.63, 3.8) is 0 Å². The summed E-state index contributed by atoms with van der Waals surface area (Å²) in [6, 6.07) is 9.80. The Morgan fingerprint density at radius 2 is 2.00 bits per heavy atom. The first kappa shape index (κ1) is 10.2. The summed E-state index contributed by atoms with van der Waals surface area (Å²) >= 11 is 0. The molecule has 0 radical (unpaired) electrons. The van der Waals surface area contributed by atoms with Gasteiger partial charge in [0.2, 0.25) is 0 Å². The molecule has 0 saturated heterocycles. The van der Waals surface area contributed by atoms with Gasteiger partial charge in [-0.3, -0.25) is 4.79 Å². The van der Waals surface area contributed by atoms with Crippen LogP contribution >= 0.6 is 0 Å². The molecule has 0 aliphatic heterocycles. The number of hydrogen-bond donors (Lipinski definition) is 1. The highest BCUT2D eigenvalue weighted by Crippen LogP contribution is 2.24. The Morgan fingerprint density at radius 3 is 2.60 bits per heavy atom. The molecule has 80 valence electrons. The third-order valence-electron chi connectivity index (χ3n) is 3.21. The Kier molecular flexibility index (Phi) is 3.05. The van der Waals surface area contributed by atoms with Gasteiger partial charge in [0.25, 0.3) is 5.91 Å². The molecule has 1 aromatic carbocycles. The van der Waals surface area contributed by atoms with Crippen molar-refractivity contribution in [3.05, 3.63) is 35.9 Å². The minimum atomic E-state index is 0.0642. The maximum atomic E-state index is 11.8. The van der Waals surface area contributed by atoms with E-state index in [0.717, 1.165) is 12.0 Å². The lowest BCUT2D eigenvalue weighted by molar-refractivity contribution is 0.0929. The fraction of sp³-hybridized carbons (Fsp3) is 0.462. The maximum Gasteiger partial charge on any atom is 0.251 e. The van der Waals surface area contributed by atoms with E-state index in [-0.39, 0.29) is 5.91 Å². The quantitative estimate of drug-likeness (QED) is 0.786. The van der Waals surface area contributed by atoms with Crippen LogP contribution in [-0.2, 0) is 0 Å². The number of carbonyl (C=O) groups excluding carboxylic acids is 1. The molecule has 2 unspecified atom stereocenters. The molecular weight excluding hydrogens is 186 g/mol. The molecule has 1 N–H and O–H groups in total. The molecule has 2 heteroatoms. The SMILES string of the molecule is CC1CCCC1NC(=O)c1ccccc1. The van der Waals surface area contributed by atoms with E-state index < -0.39 is 0 Å². The lowest BCUT2D eigenvalue weighted by Gasteiger charge is -2.17. The van der Waals surface area contributed by atoms with Gasteiger partial charge in [0.1, 0.15) is 0 Å². The summed E-state index contributed by atoms with van der Waals surface area (Å²) in [5.74, 6) is 0.687. The molecule has 2 atom stereocenters. The average molecular weight is 203 g/mol. The van der Waals surface area contributed by atoms with Crippen LogP contribution in [0.25, 0.3) is 0 Å². The van der Waals surface area contributed by atoms with E-state index in [1.165, 1.54) is 12.8 Å². The van der Waals surface area contributed by atoms with Gasteiger partial charge in [0.15, 0.2) is 0 Å². The van der Waals surface area contributed by atoms with Gasteiger partial charge >= 0.3 is 0 Å². The molecule has 0 bridgehead atoms. The third kappa shape index (κ3) is 2.38. The van der Waals surface area contributed by atoms with Crippen molar-refractivity contribution >= 4 is 5.91 Å². The van der Waals surface area contributed by atoms with Crippen LogP contribution in [0.15, 0.2) is 30.3 Å². The van der Waals surface area contributed by atoms with Crippen LogP contribution in [0.1, 0.15) is 36.5 Å². The first-order valence-corrected chi connectivity index (χ1v) is 5.63. The lowest BCUT2D eigenvalue weighted by Crippen LogP contribution is -2.36. The van der Waals surface area contributed by atoms with Crippen LogP contribution in [0.5, 0.6) is 0 Å². The van der Waals surface area contributed by atoms with E-state index in [1.807, 2.05) is 30.3 Å². The van der Waals surface area contributed by atoms with Gasteiger partial charge in [-0.05, 0) is 30.9 Å². The first-order valence-electron chi connectivity index (χ1n) is 5.63. The Bertz CT molecular complexity index is 334. The Labute approximate surface area is 90.7 Å². The van der Waals surface area contributed by atoms with Crippen molar-refractivity contribution in [2.24, 2.45) is 5.92 Å². The molecule has 2 rings (SSSR count). The van der Waals surface area contributed by atoms with Crippen LogP contribution < -0.4 is 5.32 Å². The maximum absolute atomic E-state index is 11.8. The predicted molar refractivity (Wildman–Crippen MR) is 60.7 cm³/mol. The number of hydrogen-bond acceptors (Lipinski definition) is 1. The first-order chi connectivity index (χ1) is 7.27. The zero-order valence-corrected chi connectivity index (χ0v) is 9.07. The minimum absolute atomic E-state index is 0.0642. The Hall–Kier alpha value is -1.31. The largest absolute Gasteiger partial charge is 0.349 e. The van der Waals surface area contributed by atoms with Crippen LogP contribution in [-0.4, -0.2) is 11.9 Å². The highest BCUT2D eigenvalue weighted by molar-refractivity contribution is 5.94. The molecule has 1 saturated carbocycles. The average Bonchev–Trinajstić information content (AvgIpc) is 2.66. The fourth-order valence-corrected chi connectivity index (χ4v) is 2.20. The van der Waals surface area contributed by atoms with Gasteiger partial charge < -0.3 is 5.32 Å². The van der Waals surface area contributed by atoms with Crippen LogP contribution in [0.4, 0.5) is 0 Å². The summed E-state index contributed by atoms with van der Waals surface area (Å²) in [6.07, 6.45) is 3.60. The van der Waals surface area contributed by atoms with Crippen LogP contribution in [0, 0.1) is 5.92 Å².